The lowest BCUT2D eigenvalue weighted by molar-refractivity contribution is -0.148. The maximum absolute atomic E-state index is 12.1. The van der Waals surface area contributed by atoms with E-state index in [-0.39, 0.29) is 12.0 Å². The minimum Gasteiger partial charge on any atom is -0.476 e. The van der Waals surface area contributed by atoms with E-state index in [1.54, 1.807) is 0 Å². The van der Waals surface area contributed by atoms with Crippen LogP contribution in [-0.4, -0.2) is 53.5 Å². The lowest BCUT2D eigenvalue weighted by atomic mass is 10.0. The van der Waals surface area contributed by atoms with Crippen molar-refractivity contribution in [1.82, 2.24) is 14.7 Å². The van der Waals surface area contributed by atoms with Gasteiger partial charge in [-0.1, -0.05) is 41.8 Å². The zero-order valence-electron chi connectivity index (χ0n) is 18.1. The van der Waals surface area contributed by atoms with Crippen LogP contribution in [0.25, 0.3) is 10.9 Å². The fourth-order valence-corrected chi connectivity index (χ4v) is 4.51. The van der Waals surface area contributed by atoms with E-state index in [4.69, 9.17) is 37.8 Å². The summed E-state index contributed by atoms with van der Waals surface area (Å²) in [4.78, 5) is 14.3. The van der Waals surface area contributed by atoms with Gasteiger partial charge < -0.3 is 9.47 Å². The zero-order valence-corrected chi connectivity index (χ0v) is 19.6. The Morgan fingerprint density at radius 1 is 1.12 bits per heavy atom. The Balaban J connectivity index is 1.43. The predicted molar refractivity (Wildman–Crippen MR) is 127 cm³/mol. The van der Waals surface area contributed by atoms with Crippen LogP contribution in [0.2, 0.25) is 10.0 Å². The molecule has 0 amide bonds. The first-order valence-corrected chi connectivity index (χ1v) is 11.7. The van der Waals surface area contributed by atoms with Gasteiger partial charge in [-0.25, -0.2) is 0 Å². The third kappa shape index (κ3) is 5.37. The number of rotatable bonds is 8. The summed E-state index contributed by atoms with van der Waals surface area (Å²) in [6, 6.07) is 13.3. The molecule has 1 aliphatic rings. The Kier molecular flexibility index (Phi) is 7.55. The molecule has 0 saturated carbocycles. The van der Waals surface area contributed by atoms with E-state index in [2.05, 4.69) is 4.90 Å². The lowest BCUT2D eigenvalue weighted by Crippen LogP contribution is -2.45. The van der Waals surface area contributed by atoms with Gasteiger partial charge in [0.15, 0.2) is 0 Å². The topological polar surface area (TPSA) is 56.6 Å². The highest BCUT2D eigenvalue weighted by Gasteiger charge is 2.28. The molecule has 1 fully saturated rings. The summed E-state index contributed by atoms with van der Waals surface area (Å²) in [5.41, 5.74) is 2.06. The number of fused-ring (bicyclic) bond motifs is 1. The van der Waals surface area contributed by atoms with Gasteiger partial charge in [0.25, 0.3) is 0 Å². The lowest BCUT2D eigenvalue weighted by Gasteiger charge is -2.33. The molecule has 1 aromatic heterocycles. The number of methoxy groups -OCH3 is 1. The Morgan fingerprint density at radius 3 is 2.69 bits per heavy atom. The third-order valence-electron chi connectivity index (χ3n) is 5.84. The van der Waals surface area contributed by atoms with E-state index in [0.717, 1.165) is 55.2 Å². The second-order valence-electron chi connectivity index (χ2n) is 8.02. The van der Waals surface area contributed by atoms with E-state index in [1.807, 2.05) is 47.1 Å². The number of esters is 1. The minimum absolute atomic E-state index is 0.146. The van der Waals surface area contributed by atoms with Crippen LogP contribution >= 0.6 is 23.2 Å². The molecular weight excluding hydrogens is 449 g/mol. The first-order chi connectivity index (χ1) is 15.5. The number of halogens is 2. The van der Waals surface area contributed by atoms with Crippen molar-refractivity contribution in [2.75, 3.05) is 26.8 Å². The molecule has 1 atom stereocenters. The van der Waals surface area contributed by atoms with Crippen LogP contribution in [0.1, 0.15) is 31.2 Å². The van der Waals surface area contributed by atoms with Gasteiger partial charge in [-0.2, -0.15) is 0 Å². The average molecular weight is 476 g/mol. The molecule has 2 aromatic carbocycles. The summed E-state index contributed by atoms with van der Waals surface area (Å²) in [6.07, 6.45) is 3.81. The molecule has 0 N–H and O–H groups in total. The molecule has 170 valence electrons. The summed E-state index contributed by atoms with van der Waals surface area (Å²) >= 11 is 12.2. The van der Waals surface area contributed by atoms with Crippen LogP contribution in [0.4, 0.5) is 0 Å². The molecule has 0 bridgehead atoms. The molecule has 32 heavy (non-hydrogen) atoms. The second kappa shape index (κ2) is 10.6. The number of hydrogen-bond acceptors (Lipinski definition) is 5. The second-order valence-corrected chi connectivity index (χ2v) is 8.90. The number of hydrogen-bond donors (Lipinski definition) is 0. The quantitative estimate of drug-likeness (QED) is 0.331. The number of carbonyl (C=O) groups is 1. The van der Waals surface area contributed by atoms with Crippen molar-refractivity contribution in [3.05, 3.63) is 58.1 Å². The fraction of sp³-hybridized carbons (Fsp3) is 0.417. The largest absolute Gasteiger partial charge is 0.476 e. The van der Waals surface area contributed by atoms with Crippen molar-refractivity contribution in [1.29, 1.82) is 0 Å². The van der Waals surface area contributed by atoms with Gasteiger partial charge in [0.2, 0.25) is 5.88 Å². The summed E-state index contributed by atoms with van der Waals surface area (Å²) in [6.45, 7) is 2.80. The molecule has 0 spiro atoms. The van der Waals surface area contributed by atoms with E-state index >= 15 is 0 Å². The number of piperidine rings is 1. The number of likely N-dealkylation sites (tertiary alicyclic amines) is 1. The van der Waals surface area contributed by atoms with Crippen LogP contribution in [0.3, 0.4) is 0 Å². The van der Waals surface area contributed by atoms with Crippen LogP contribution < -0.4 is 4.74 Å². The molecule has 4 rings (SSSR count). The van der Waals surface area contributed by atoms with E-state index < -0.39 is 0 Å². The molecule has 1 saturated heterocycles. The van der Waals surface area contributed by atoms with E-state index in [1.165, 1.54) is 7.11 Å². The molecule has 1 unspecified atom stereocenters. The Hall–Kier alpha value is -2.28. The Bertz CT molecular complexity index is 1070. The third-order valence-corrected chi connectivity index (χ3v) is 6.33. The predicted octanol–water partition coefficient (Wildman–Crippen LogP) is 5.19. The monoisotopic (exact) mass is 475 g/mol. The summed E-state index contributed by atoms with van der Waals surface area (Å²) < 4.78 is 13.0. The van der Waals surface area contributed by atoms with Gasteiger partial charge in [0, 0.05) is 16.6 Å². The van der Waals surface area contributed by atoms with Crippen LogP contribution in [0, 0.1) is 0 Å². The van der Waals surface area contributed by atoms with E-state index in [0.29, 0.717) is 29.1 Å². The fourth-order valence-electron chi connectivity index (χ4n) is 4.21. The normalized spacial score (nSPS) is 16.9. The highest BCUT2D eigenvalue weighted by Crippen LogP contribution is 2.29. The molecular formula is C24H27Cl2N3O3. The SMILES string of the molecule is COC(=O)C1CCCCN1CCCOc1nn(Cc2ccc(Cl)cc2)c2ccc(Cl)cc12. The Labute approximate surface area is 198 Å². The number of carbonyl (C=O) groups excluding carboxylic acids is 1. The summed E-state index contributed by atoms with van der Waals surface area (Å²) in [5.74, 6) is 0.423. The highest BCUT2D eigenvalue weighted by atomic mass is 35.5. The van der Waals surface area contributed by atoms with Gasteiger partial charge in [0.05, 0.1) is 31.2 Å². The molecule has 0 aliphatic carbocycles. The molecule has 1 aliphatic heterocycles. The van der Waals surface area contributed by atoms with Crippen LogP contribution in [0.15, 0.2) is 42.5 Å². The van der Waals surface area contributed by atoms with Crippen molar-refractivity contribution in [3.63, 3.8) is 0 Å². The van der Waals surface area contributed by atoms with E-state index in [9.17, 15) is 4.79 Å². The highest BCUT2D eigenvalue weighted by molar-refractivity contribution is 6.31. The number of benzene rings is 2. The van der Waals surface area contributed by atoms with Crippen molar-refractivity contribution in [2.45, 2.75) is 38.3 Å². The number of nitrogens with zero attached hydrogens (tertiary/aromatic N) is 3. The average Bonchev–Trinajstić information content (AvgIpc) is 3.14. The maximum atomic E-state index is 12.1. The molecule has 3 aromatic rings. The molecule has 6 nitrogen and oxygen atoms in total. The smallest absolute Gasteiger partial charge is 0.323 e. The first-order valence-electron chi connectivity index (χ1n) is 10.9. The molecule has 2 heterocycles. The van der Waals surface area contributed by atoms with Gasteiger partial charge in [0.1, 0.15) is 6.04 Å². The Morgan fingerprint density at radius 2 is 1.91 bits per heavy atom. The first kappa shape index (κ1) is 22.9. The minimum atomic E-state index is -0.146. The zero-order chi connectivity index (χ0) is 22.5. The van der Waals surface area contributed by atoms with Crippen molar-refractivity contribution in [3.8, 4) is 5.88 Å². The number of ether oxygens (including phenoxy) is 2. The van der Waals surface area contributed by atoms with Gasteiger partial charge >= 0.3 is 5.97 Å². The van der Waals surface area contributed by atoms with Crippen LogP contribution in [-0.2, 0) is 16.1 Å². The molecule has 0 radical (unpaired) electrons. The maximum Gasteiger partial charge on any atom is 0.323 e. The molecule has 8 heteroatoms. The van der Waals surface area contributed by atoms with Crippen molar-refractivity contribution >= 4 is 40.1 Å². The summed E-state index contributed by atoms with van der Waals surface area (Å²) in [5, 5.41) is 6.94. The van der Waals surface area contributed by atoms with Crippen molar-refractivity contribution < 1.29 is 14.3 Å². The number of aromatic nitrogens is 2. The van der Waals surface area contributed by atoms with Crippen LogP contribution in [0.5, 0.6) is 5.88 Å². The van der Waals surface area contributed by atoms with Gasteiger partial charge in [-0.3, -0.25) is 14.4 Å². The van der Waals surface area contributed by atoms with Gasteiger partial charge in [-0.05, 0) is 61.7 Å². The van der Waals surface area contributed by atoms with Gasteiger partial charge in [-0.15, -0.1) is 5.10 Å². The summed E-state index contributed by atoms with van der Waals surface area (Å²) in [7, 11) is 1.45. The standard InChI is InChI=1S/C24H27Cl2N3O3/c1-31-24(30)22-5-2-3-12-28(22)13-4-14-32-23-20-15-19(26)10-11-21(20)29(27-23)16-17-6-8-18(25)9-7-17/h6-11,15,22H,2-5,12-14,16H2,1H3. The van der Waals surface area contributed by atoms with Crippen molar-refractivity contribution in [2.24, 2.45) is 0 Å².